The van der Waals surface area contributed by atoms with Crippen LogP contribution in [0.25, 0.3) is 54.5 Å². The summed E-state index contributed by atoms with van der Waals surface area (Å²) >= 11 is 1.80. The second-order valence-corrected chi connectivity index (χ2v) is 11.8. The molecular formula is C36H30IrN2OS-2. The van der Waals surface area contributed by atoms with Crippen molar-refractivity contribution in [1.29, 1.82) is 0 Å². The van der Waals surface area contributed by atoms with Crippen LogP contribution >= 0.6 is 11.3 Å². The van der Waals surface area contributed by atoms with Gasteiger partial charge in [-0.3, -0.25) is 0 Å². The van der Waals surface area contributed by atoms with Gasteiger partial charge < -0.3 is 14.4 Å². The van der Waals surface area contributed by atoms with Gasteiger partial charge in [0, 0.05) is 47.5 Å². The number of nitrogens with zero attached hydrogens (tertiary/aromatic N) is 2. The minimum atomic E-state index is 0. The van der Waals surface area contributed by atoms with Crippen LogP contribution in [0.4, 0.5) is 0 Å². The fourth-order valence-corrected chi connectivity index (χ4v) is 5.73. The summed E-state index contributed by atoms with van der Waals surface area (Å²) in [5, 5.41) is 3.55. The first-order chi connectivity index (χ1) is 19.3. The number of pyridine rings is 2. The molecule has 7 rings (SSSR count). The normalized spacial score (nSPS) is 11.0. The van der Waals surface area contributed by atoms with E-state index in [1.54, 1.807) is 11.3 Å². The number of benzene rings is 3. The monoisotopic (exact) mass is 731 g/mol. The molecule has 0 saturated heterocycles. The predicted octanol–water partition coefficient (Wildman–Crippen LogP) is 10.1. The van der Waals surface area contributed by atoms with Crippen molar-refractivity contribution in [3.63, 3.8) is 0 Å². The summed E-state index contributed by atoms with van der Waals surface area (Å²) in [5.41, 5.74) is 11.8. The van der Waals surface area contributed by atoms with Crippen LogP contribution in [0.5, 0.6) is 0 Å². The van der Waals surface area contributed by atoms with Crippen LogP contribution in [0.1, 0.15) is 32.7 Å². The Morgan fingerprint density at radius 1 is 0.707 bits per heavy atom. The van der Waals surface area contributed by atoms with Crippen LogP contribution in [-0.4, -0.2) is 9.97 Å². The Balaban J connectivity index is 0.000000182. The molecule has 3 nitrogen and oxygen atoms in total. The SMILES string of the molecule is Cc1c[c-]c(-c2cc(C)c(C)cn2)cc1.Cc1cc2cc3c(cc2s1)oc1c(-c2cc(C)c(C)cn2)[c-]ccc13.[Ir]. The molecule has 207 valence electrons. The molecule has 0 unspecified atom stereocenters. The van der Waals surface area contributed by atoms with Crippen LogP contribution in [0.3, 0.4) is 0 Å². The minimum Gasteiger partial charge on any atom is -0.501 e. The van der Waals surface area contributed by atoms with E-state index in [-0.39, 0.29) is 20.1 Å². The molecule has 0 fully saturated rings. The Morgan fingerprint density at radius 3 is 2.10 bits per heavy atom. The molecule has 0 aliphatic heterocycles. The minimum absolute atomic E-state index is 0. The summed E-state index contributed by atoms with van der Waals surface area (Å²) < 4.78 is 7.52. The van der Waals surface area contributed by atoms with Crippen molar-refractivity contribution in [2.45, 2.75) is 41.5 Å². The van der Waals surface area contributed by atoms with Gasteiger partial charge in [0.1, 0.15) is 5.58 Å². The van der Waals surface area contributed by atoms with Crippen LogP contribution in [0, 0.1) is 53.7 Å². The molecule has 5 heteroatoms. The van der Waals surface area contributed by atoms with Crippen LogP contribution in [0.2, 0.25) is 0 Å². The van der Waals surface area contributed by atoms with Gasteiger partial charge in [0.05, 0.1) is 5.58 Å². The second-order valence-electron chi connectivity index (χ2n) is 10.5. The first-order valence-corrected chi connectivity index (χ1v) is 14.2. The largest absolute Gasteiger partial charge is 0.501 e. The number of rotatable bonds is 2. The van der Waals surface area contributed by atoms with E-state index in [0.717, 1.165) is 44.5 Å². The molecule has 1 radical (unpaired) electrons. The van der Waals surface area contributed by atoms with E-state index < -0.39 is 0 Å². The number of aromatic nitrogens is 2. The van der Waals surface area contributed by atoms with Gasteiger partial charge in [-0.25, -0.2) is 0 Å². The van der Waals surface area contributed by atoms with E-state index in [2.05, 4.69) is 112 Å². The first-order valence-electron chi connectivity index (χ1n) is 13.4. The molecule has 4 heterocycles. The van der Waals surface area contributed by atoms with Gasteiger partial charge in [-0.1, -0.05) is 41.1 Å². The van der Waals surface area contributed by atoms with E-state index >= 15 is 0 Å². The molecule has 0 amide bonds. The number of hydrogen-bond donors (Lipinski definition) is 0. The number of hydrogen-bond acceptors (Lipinski definition) is 4. The number of aryl methyl sites for hydroxylation is 6. The zero-order chi connectivity index (χ0) is 28.0. The maximum absolute atomic E-state index is 6.26. The summed E-state index contributed by atoms with van der Waals surface area (Å²) in [6.45, 7) is 12.6. The van der Waals surface area contributed by atoms with Gasteiger partial charge >= 0.3 is 0 Å². The quantitative estimate of drug-likeness (QED) is 0.166. The number of furan rings is 1. The van der Waals surface area contributed by atoms with Crippen molar-refractivity contribution in [1.82, 2.24) is 9.97 Å². The fraction of sp³-hybridized carbons (Fsp3) is 0.167. The predicted molar refractivity (Wildman–Crippen MR) is 168 cm³/mol. The van der Waals surface area contributed by atoms with Crippen molar-refractivity contribution in [3.8, 4) is 22.5 Å². The summed E-state index contributed by atoms with van der Waals surface area (Å²) in [4.78, 5) is 10.3. The van der Waals surface area contributed by atoms with Crippen molar-refractivity contribution in [3.05, 3.63) is 118 Å². The Labute approximate surface area is 258 Å². The van der Waals surface area contributed by atoms with Gasteiger partial charge in [-0.05, 0) is 80.7 Å². The van der Waals surface area contributed by atoms with Gasteiger partial charge in [0.2, 0.25) is 0 Å². The van der Waals surface area contributed by atoms with Crippen molar-refractivity contribution < 1.29 is 24.5 Å². The van der Waals surface area contributed by atoms with E-state index in [9.17, 15) is 0 Å². The molecule has 0 saturated carbocycles. The van der Waals surface area contributed by atoms with E-state index in [0.29, 0.717) is 0 Å². The van der Waals surface area contributed by atoms with Gasteiger partial charge in [0.15, 0.2) is 0 Å². The number of thiophene rings is 1. The molecule has 7 aromatic rings. The van der Waals surface area contributed by atoms with Gasteiger partial charge in [0.25, 0.3) is 0 Å². The van der Waals surface area contributed by atoms with Crippen LogP contribution < -0.4 is 0 Å². The number of fused-ring (bicyclic) bond motifs is 4. The maximum Gasteiger partial charge on any atom is 0.122 e. The maximum atomic E-state index is 6.26. The second kappa shape index (κ2) is 11.7. The Kier molecular flexibility index (Phi) is 8.24. The molecule has 3 aromatic carbocycles. The third-order valence-corrected chi connectivity index (χ3v) is 8.45. The molecule has 0 aliphatic rings. The zero-order valence-corrected chi connectivity index (χ0v) is 27.2. The average Bonchev–Trinajstić information content (AvgIpc) is 3.49. The summed E-state index contributed by atoms with van der Waals surface area (Å²) in [7, 11) is 0. The van der Waals surface area contributed by atoms with Crippen molar-refractivity contribution in [2.75, 3.05) is 0 Å². The van der Waals surface area contributed by atoms with Crippen molar-refractivity contribution in [2.24, 2.45) is 0 Å². The standard InChI is InChI=1S/C22H16NOS.C14H14N.Ir/c1-12-7-19(23-11-13(12)2)17-6-4-5-16-18-9-15-8-14(3)25-21(15)10-20(18)24-22(16)17;1-10-4-6-13(7-5-10)14-8-11(2)12(3)9-15-14;/h4-5,7-11H,1-3H3;4-6,8-9H,1-3H3;/q2*-1;. The molecule has 0 spiro atoms. The summed E-state index contributed by atoms with van der Waals surface area (Å²) in [6, 6.07) is 27.6. The first kappa shape index (κ1) is 28.9. The van der Waals surface area contributed by atoms with Crippen LogP contribution in [0.15, 0.2) is 77.5 Å². The molecular weight excluding hydrogens is 701 g/mol. The third kappa shape index (κ3) is 5.76. The molecule has 4 aromatic heterocycles. The summed E-state index contributed by atoms with van der Waals surface area (Å²) in [5.74, 6) is 0. The Bertz CT molecular complexity index is 2020. The van der Waals surface area contributed by atoms with Gasteiger partial charge in [-0.2, -0.15) is 0 Å². The Morgan fingerprint density at radius 2 is 1.41 bits per heavy atom. The van der Waals surface area contributed by atoms with E-state index in [4.69, 9.17) is 4.42 Å². The molecule has 0 bridgehead atoms. The smallest absolute Gasteiger partial charge is 0.122 e. The average molecular weight is 731 g/mol. The third-order valence-electron chi connectivity index (χ3n) is 7.44. The molecule has 41 heavy (non-hydrogen) atoms. The zero-order valence-electron chi connectivity index (χ0n) is 24.0. The molecule has 0 aliphatic carbocycles. The Hall–Kier alpha value is -3.63. The summed E-state index contributed by atoms with van der Waals surface area (Å²) in [6.07, 6.45) is 3.83. The topological polar surface area (TPSA) is 38.9 Å². The van der Waals surface area contributed by atoms with E-state index in [1.165, 1.54) is 42.8 Å². The van der Waals surface area contributed by atoms with E-state index in [1.807, 2.05) is 24.5 Å². The van der Waals surface area contributed by atoms with Crippen LogP contribution in [-0.2, 0) is 20.1 Å². The van der Waals surface area contributed by atoms with Crippen molar-refractivity contribution >= 4 is 43.4 Å². The molecule has 0 N–H and O–H groups in total. The fourth-order valence-electron chi connectivity index (χ4n) is 4.79. The molecule has 0 atom stereocenters. The van der Waals surface area contributed by atoms with Gasteiger partial charge in [-0.15, -0.1) is 64.9 Å².